The van der Waals surface area contributed by atoms with Gasteiger partial charge in [-0.25, -0.2) is 0 Å². The van der Waals surface area contributed by atoms with Gasteiger partial charge < -0.3 is 15.5 Å². The lowest BCUT2D eigenvalue weighted by Crippen LogP contribution is -2.45. The van der Waals surface area contributed by atoms with Gasteiger partial charge in [-0.3, -0.25) is 4.79 Å². The number of hydrogen-bond donors (Lipinski definition) is 3. The van der Waals surface area contributed by atoms with Crippen molar-refractivity contribution in [3.63, 3.8) is 0 Å². The number of rotatable bonds is 39. The zero-order valence-corrected chi connectivity index (χ0v) is 36.1. The minimum absolute atomic E-state index is 0.0570. The molecule has 0 aliphatic heterocycles. The highest BCUT2D eigenvalue weighted by Crippen LogP contribution is 2.13. The Morgan fingerprint density at radius 1 is 0.446 bits per heavy atom. The lowest BCUT2D eigenvalue weighted by molar-refractivity contribution is -0.123. The van der Waals surface area contributed by atoms with Crippen LogP contribution in [0.5, 0.6) is 0 Å². The molecule has 0 bridgehead atoms. The Bertz CT molecular complexity index is 1150. The van der Waals surface area contributed by atoms with E-state index in [2.05, 4.69) is 141 Å². The molecule has 2 unspecified atom stereocenters. The molecule has 3 N–H and O–H groups in total. The van der Waals surface area contributed by atoms with Crippen LogP contribution in [-0.4, -0.2) is 34.9 Å². The molecule has 2 atom stereocenters. The van der Waals surface area contributed by atoms with Crippen molar-refractivity contribution in [1.82, 2.24) is 5.32 Å². The minimum Gasteiger partial charge on any atom is -0.394 e. The molecule has 56 heavy (non-hydrogen) atoms. The van der Waals surface area contributed by atoms with Crippen molar-refractivity contribution >= 4 is 5.91 Å². The van der Waals surface area contributed by atoms with E-state index in [9.17, 15) is 15.0 Å². The molecule has 4 nitrogen and oxygen atoms in total. The van der Waals surface area contributed by atoms with Gasteiger partial charge in [-0.15, -0.1) is 0 Å². The van der Waals surface area contributed by atoms with Gasteiger partial charge in [0.25, 0.3) is 0 Å². The van der Waals surface area contributed by atoms with E-state index in [1.807, 2.05) is 0 Å². The molecule has 0 rings (SSSR count). The van der Waals surface area contributed by atoms with Crippen LogP contribution >= 0.6 is 0 Å². The summed E-state index contributed by atoms with van der Waals surface area (Å²) in [5, 5.41) is 22.9. The fourth-order valence-electron chi connectivity index (χ4n) is 6.03. The third-order valence-corrected chi connectivity index (χ3v) is 9.49. The third-order valence-electron chi connectivity index (χ3n) is 9.49. The predicted octanol–water partition coefficient (Wildman–Crippen LogP) is 14.6. The first kappa shape index (κ1) is 52.8. The topological polar surface area (TPSA) is 69.6 Å². The number of amides is 1. The van der Waals surface area contributed by atoms with Crippen molar-refractivity contribution in [3.05, 3.63) is 122 Å². The number of carbonyl (C=O) groups is 1. The standard InChI is InChI=1S/C52H85NO3/c1-3-5-7-9-11-12-13-14-15-16-17-18-19-20-21-22-23-24-25-26-27-28-29-30-31-32-33-34-35-36-37-38-39-40-42-44-46-48-52(56)53-50(49-54)51(55)47-45-43-41-10-8-6-4-2/h5,7,11-12,14-15,17-18,20-21,23-24,26-27,29-30,32-33,35-36,50-51,54-55H,3-4,6,8-10,13,16,19,22,25,28,31,34,37-49H2,1-2H3,(H,53,56)/b7-5-,12-11-,15-14-,18-17-,21-20-,24-23-,27-26-,30-29-,33-32-,36-35-. The maximum atomic E-state index is 12.3. The van der Waals surface area contributed by atoms with Gasteiger partial charge >= 0.3 is 0 Å². The molecule has 0 aromatic heterocycles. The first-order valence-electron chi connectivity index (χ1n) is 22.7. The zero-order chi connectivity index (χ0) is 40.7. The van der Waals surface area contributed by atoms with Crippen LogP contribution in [0.15, 0.2) is 122 Å². The molecule has 1 amide bonds. The van der Waals surface area contributed by atoms with Gasteiger partial charge in [0.1, 0.15) is 0 Å². The van der Waals surface area contributed by atoms with Crippen molar-refractivity contribution in [2.24, 2.45) is 0 Å². The van der Waals surface area contributed by atoms with Crippen LogP contribution in [0.1, 0.15) is 181 Å². The van der Waals surface area contributed by atoms with E-state index in [1.54, 1.807) is 0 Å². The summed E-state index contributed by atoms with van der Waals surface area (Å²) in [7, 11) is 0. The number of allylic oxidation sites excluding steroid dienone is 20. The molecule has 316 valence electrons. The largest absolute Gasteiger partial charge is 0.394 e. The number of nitrogens with one attached hydrogen (secondary N) is 1. The summed E-state index contributed by atoms with van der Waals surface area (Å²) in [6.45, 7) is 4.17. The fraction of sp³-hybridized carbons (Fsp3) is 0.596. The van der Waals surface area contributed by atoms with Crippen LogP contribution in [0, 0.1) is 0 Å². The number of carbonyl (C=O) groups excluding carboxylic acids is 1. The fourth-order valence-corrected chi connectivity index (χ4v) is 6.03. The molecule has 4 heteroatoms. The van der Waals surface area contributed by atoms with Crippen molar-refractivity contribution in [2.75, 3.05) is 6.61 Å². The van der Waals surface area contributed by atoms with Crippen molar-refractivity contribution in [1.29, 1.82) is 0 Å². The van der Waals surface area contributed by atoms with Crippen LogP contribution in [0.25, 0.3) is 0 Å². The first-order chi connectivity index (χ1) is 27.7. The maximum Gasteiger partial charge on any atom is 0.220 e. The summed E-state index contributed by atoms with van der Waals surface area (Å²) in [6.07, 6.45) is 71.5. The van der Waals surface area contributed by atoms with Crippen LogP contribution in [0.4, 0.5) is 0 Å². The molecule has 0 saturated heterocycles. The molecule has 0 spiro atoms. The Hall–Kier alpha value is -3.21. The molecule has 0 saturated carbocycles. The molecular weight excluding hydrogens is 687 g/mol. The Labute approximate surface area is 346 Å². The van der Waals surface area contributed by atoms with Crippen LogP contribution in [0.2, 0.25) is 0 Å². The zero-order valence-electron chi connectivity index (χ0n) is 36.1. The predicted molar refractivity (Wildman–Crippen MR) is 248 cm³/mol. The average Bonchev–Trinajstić information content (AvgIpc) is 3.20. The summed E-state index contributed by atoms with van der Waals surface area (Å²) in [4.78, 5) is 12.3. The van der Waals surface area contributed by atoms with Gasteiger partial charge in [-0.2, -0.15) is 0 Å². The SMILES string of the molecule is CC/C=C\C/C=C\C/C=C\C/C=C\C/C=C\C/C=C\C/C=C\C/C=C\C/C=C\C/C=C\CCCCCCCCC(=O)NC(CO)C(O)CCCCCCCCC. The summed E-state index contributed by atoms with van der Waals surface area (Å²) in [6, 6.07) is -0.549. The van der Waals surface area contributed by atoms with Gasteiger partial charge in [-0.05, 0) is 89.9 Å². The van der Waals surface area contributed by atoms with Gasteiger partial charge in [0.2, 0.25) is 5.91 Å². The Kier molecular flexibility index (Phi) is 43.5. The molecule has 0 fully saturated rings. The van der Waals surface area contributed by atoms with Gasteiger partial charge in [0.15, 0.2) is 0 Å². The summed E-state index contributed by atoms with van der Waals surface area (Å²) in [5.74, 6) is -0.0570. The smallest absolute Gasteiger partial charge is 0.220 e. The molecule has 0 aliphatic carbocycles. The summed E-state index contributed by atoms with van der Waals surface area (Å²) < 4.78 is 0. The lowest BCUT2D eigenvalue weighted by Gasteiger charge is -2.22. The normalized spacial score (nSPS) is 14.1. The monoisotopic (exact) mass is 772 g/mol. The Morgan fingerprint density at radius 3 is 1.18 bits per heavy atom. The second-order valence-corrected chi connectivity index (χ2v) is 14.7. The quantitative estimate of drug-likeness (QED) is 0.0430. The van der Waals surface area contributed by atoms with Crippen molar-refractivity contribution < 1.29 is 15.0 Å². The van der Waals surface area contributed by atoms with Crippen molar-refractivity contribution in [2.45, 2.75) is 193 Å². The van der Waals surface area contributed by atoms with Gasteiger partial charge in [0, 0.05) is 6.42 Å². The molecular formula is C52H85NO3. The van der Waals surface area contributed by atoms with Crippen LogP contribution in [0.3, 0.4) is 0 Å². The molecule has 0 heterocycles. The molecule has 0 radical (unpaired) electrons. The number of aliphatic hydroxyl groups is 2. The highest BCUT2D eigenvalue weighted by Gasteiger charge is 2.19. The number of unbranched alkanes of at least 4 members (excludes halogenated alkanes) is 12. The van der Waals surface area contributed by atoms with Crippen molar-refractivity contribution in [3.8, 4) is 0 Å². The van der Waals surface area contributed by atoms with E-state index < -0.39 is 12.1 Å². The highest BCUT2D eigenvalue weighted by atomic mass is 16.3. The molecule has 0 aliphatic rings. The van der Waals surface area contributed by atoms with Crippen LogP contribution < -0.4 is 5.32 Å². The molecule has 0 aromatic rings. The van der Waals surface area contributed by atoms with Gasteiger partial charge in [0.05, 0.1) is 18.8 Å². The lowest BCUT2D eigenvalue weighted by atomic mass is 10.0. The second-order valence-electron chi connectivity index (χ2n) is 14.7. The maximum absolute atomic E-state index is 12.3. The van der Waals surface area contributed by atoms with E-state index in [-0.39, 0.29) is 12.5 Å². The Balaban J connectivity index is 3.65. The van der Waals surface area contributed by atoms with E-state index in [4.69, 9.17) is 0 Å². The second kappa shape index (κ2) is 46.2. The average molecular weight is 772 g/mol. The highest BCUT2D eigenvalue weighted by molar-refractivity contribution is 5.76. The van der Waals surface area contributed by atoms with E-state index >= 15 is 0 Å². The van der Waals surface area contributed by atoms with E-state index in [0.29, 0.717) is 12.8 Å². The minimum atomic E-state index is -0.670. The van der Waals surface area contributed by atoms with Crippen LogP contribution in [-0.2, 0) is 4.79 Å². The van der Waals surface area contributed by atoms with E-state index in [1.165, 1.54) is 51.4 Å². The summed E-state index contributed by atoms with van der Waals surface area (Å²) in [5.41, 5.74) is 0. The number of hydrogen-bond acceptors (Lipinski definition) is 3. The number of aliphatic hydroxyl groups excluding tert-OH is 2. The molecule has 0 aromatic carbocycles. The van der Waals surface area contributed by atoms with E-state index in [0.717, 1.165) is 103 Å². The van der Waals surface area contributed by atoms with Gasteiger partial charge in [-0.1, -0.05) is 206 Å². The Morgan fingerprint density at radius 2 is 0.786 bits per heavy atom. The third kappa shape index (κ3) is 41.9. The first-order valence-corrected chi connectivity index (χ1v) is 22.7. The summed E-state index contributed by atoms with van der Waals surface area (Å²) >= 11 is 0.